The number of fused-ring (bicyclic) bond motifs is 1. The molecule has 0 aliphatic rings. The van der Waals surface area contributed by atoms with Crippen LogP contribution in [0.25, 0.3) is 5.65 Å². The van der Waals surface area contributed by atoms with E-state index in [0.717, 1.165) is 11.6 Å². The lowest BCUT2D eigenvalue weighted by Gasteiger charge is -2.12. The molecule has 0 amide bonds. The van der Waals surface area contributed by atoms with E-state index in [2.05, 4.69) is 35.8 Å². The second-order valence-electron chi connectivity index (χ2n) is 3.58. The molecule has 3 heterocycles. The van der Waals surface area contributed by atoms with Gasteiger partial charge in [0.25, 0.3) is 0 Å². The van der Waals surface area contributed by atoms with E-state index in [-0.39, 0.29) is 6.04 Å². The van der Waals surface area contributed by atoms with Gasteiger partial charge in [0, 0.05) is 12.4 Å². The van der Waals surface area contributed by atoms with Gasteiger partial charge in [-0.1, -0.05) is 0 Å². The lowest BCUT2D eigenvalue weighted by Crippen LogP contribution is -2.12. The van der Waals surface area contributed by atoms with Gasteiger partial charge in [-0.3, -0.25) is 4.98 Å². The minimum Gasteiger partial charge on any atom is -0.359 e. The van der Waals surface area contributed by atoms with Crippen molar-refractivity contribution in [3.05, 3.63) is 30.6 Å². The van der Waals surface area contributed by atoms with E-state index in [0.29, 0.717) is 5.65 Å². The monoisotopic (exact) mass is 230 g/mol. The number of rotatable bonds is 3. The Hall–Kier alpha value is -2.51. The number of hydrogen-bond acceptors (Lipinski definition) is 6. The summed E-state index contributed by atoms with van der Waals surface area (Å²) in [7, 11) is 0. The number of tetrazole rings is 1. The molecular weight excluding hydrogens is 220 g/mol. The fraction of sp³-hybridized carbons (Fsp3) is 0.222. The average molecular weight is 230 g/mol. The Kier molecular flexibility index (Phi) is 2.18. The number of nitrogens with one attached hydrogen (secondary N) is 2. The first kappa shape index (κ1) is 9.70. The molecule has 0 saturated carbocycles. The molecule has 0 radical (unpaired) electrons. The van der Waals surface area contributed by atoms with Crippen molar-refractivity contribution in [2.24, 2.45) is 0 Å². The summed E-state index contributed by atoms with van der Waals surface area (Å²) in [4.78, 5) is 11.3. The van der Waals surface area contributed by atoms with Gasteiger partial charge in [0.15, 0.2) is 11.5 Å². The predicted molar refractivity (Wildman–Crippen MR) is 59.2 cm³/mol. The molecule has 0 saturated heterocycles. The van der Waals surface area contributed by atoms with Crippen molar-refractivity contribution in [1.29, 1.82) is 0 Å². The van der Waals surface area contributed by atoms with Crippen molar-refractivity contribution in [2.75, 3.05) is 5.32 Å². The van der Waals surface area contributed by atoms with Crippen LogP contribution in [0.4, 0.5) is 5.82 Å². The van der Waals surface area contributed by atoms with Crippen molar-refractivity contribution >= 4 is 11.5 Å². The largest absolute Gasteiger partial charge is 0.359 e. The van der Waals surface area contributed by atoms with E-state index in [1.165, 1.54) is 0 Å². The van der Waals surface area contributed by atoms with Crippen LogP contribution in [0.2, 0.25) is 0 Å². The summed E-state index contributed by atoms with van der Waals surface area (Å²) in [6.45, 7) is 1.99. The fourth-order valence-electron chi connectivity index (χ4n) is 1.58. The highest BCUT2D eigenvalue weighted by Crippen LogP contribution is 2.14. The van der Waals surface area contributed by atoms with Crippen LogP contribution in [-0.2, 0) is 0 Å². The maximum absolute atomic E-state index is 4.18. The first-order valence-electron chi connectivity index (χ1n) is 5.12. The van der Waals surface area contributed by atoms with Crippen LogP contribution in [-0.4, -0.2) is 35.0 Å². The van der Waals surface area contributed by atoms with Crippen LogP contribution in [0.15, 0.2) is 24.8 Å². The molecule has 86 valence electrons. The third-order valence-corrected chi connectivity index (χ3v) is 2.40. The molecule has 1 unspecified atom stereocenters. The van der Waals surface area contributed by atoms with Crippen LogP contribution in [0, 0.1) is 0 Å². The number of H-pyrrole nitrogens is 1. The maximum atomic E-state index is 4.18. The van der Waals surface area contributed by atoms with Crippen molar-refractivity contribution in [3.8, 4) is 0 Å². The van der Waals surface area contributed by atoms with Crippen molar-refractivity contribution < 1.29 is 0 Å². The van der Waals surface area contributed by atoms with Crippen LogP contribution in [0.3, 0.4) is 0 Å². The van der Waals surface area contributed by atoms with Gasteiger partial charge in [0.1, 0.15) is 5.82 Å². The van der Waals surface area contributed by atoms with Crippen molar-refractivity contribution in [2.45, 2.75) is 13.0 Å². The number of imidazole rings is 1. The van der Waals surface area contributed by atoms with Crippen LogP contribution in [0.1, 0.15) is 18.8 Å². The van der Waals surface area contributed by atoms with Crippen LogP contribution < -0.4 is 5.32 Å². The van der Waals surface area contributed by atoms with E-state index in [9.17, 15) is 0 Å². The minimum absolute atomic E-state index is 0.0154. The van der Waals surface area contributed by atoms with Gasteiger partial charge in [0.2, 0.25) is 0 Å². The molecule has 3 aromatic heterocycles. The lowest BCUT2D eigenvalue weighted by atomic mass is 10.3. The van der Waals surface area contributed by atoms with E-state index in [4.69, 9.17) is 0 Å². The topological polar surface area (TPSA) is 96.7 Å². The maximum Gasteiger partial charge on any atom is 0.199 e. The normalized spacial score (nSPS) is 12.8. The highest BCUT2D eigenvalue weighted by molar-refractivity contribution is 5.44. The molecule has 0 aromatic carbocycles. The quantitative estimate of drug-likeness (QED) is 0.676. The smallest absolute Gasteiger partial charge is 0.199 e. The Balaban J connectivity index is 1.92. The first-order valence-corrected chi connectivity index (χ1v) is 5.12. The molecule has 0 bridgehead atoms. The predicted octanol–water partition coefficient (Wildman–Crippen LogP) is 0.415. The summed E-state index contributed by atoms with van der Waals surface area (Å²) in [5.41, 5.74) is 0.599. The summed E-state index contributed by atoms with van der Waals surface area (Å²) in [6.07, 6.45) is 6.76. The lowest BCUT2D eigenvalue weighted by molar-refractivity contribution is 0.770. The second kappa shape index (κ2) is 3.81. The molecule has 0 spiro atoms. The van der Waals surface area contributed by atoms with E-state index < -0.39 is 0 Å². The molecule has 0 fully saturated rings. The molecule has 0 aliphatic carbocycles. The number of aromatic amines is 1. The molecule has 2 N–H and O–H groups in total. The Bertz CT molecular complexity index is 613. The van der Waals surface area contributed by atoms with Crippen LogP contribution >= 0.6 is 0 Å². The molecular formula is C9H10N8. The Morgan fingerprint density at radius 1 is 1.41 bits per heavy atom. The Morgan fingerprint density at radius 2 is 2.35 bits per heavy atom. The van der Waals surface area contributed by atoms with Gasteiger partial charge in [-0.15, -0.1) is 5.10 Å². The minimum atomic E-state index is 0.0154. The standard InChI is InChI=1S/C9H10N8/c1-6(9-11-2-3-12-9)13-7-4-10-5-8-14-15-16-17(7)8/h2-6,13H,1H3,(H,11,12). The SMILES string of the molecule is CC(Nc1cncc2nnnn12)c1ncc[nH]1. The Labute approximate surface area is 96.1 Å². The average Bonchev–Trinajstić information content (AvgIpc) is 3.00. The zero-order valence-corrected chi connectivity index (χ0v) is 9.07. The first-order chi connectivity index (χ1) is 8.34. The summed E-state index contributed by atoms with van der Waals surface area (Å²) in [5, 5.41) is 14.5. The van der Waals surface area contributed by atoms with Crippen LogP contribution in [0.5, 0.6) is 0 Å². The van der Waals surface area contributed by atoms with Gasteiger partial charge < -0.3 is 10.3 Å². The third-order valence-electron chi connectivity index (χ3n) is 2.40. The highest BCUT2D eigenvalue weighted by atomic mass is 15.5. The number of aromatic nitrogens is 7. The Morgan fingerprint density at radius 3 is 3.18 bits per heavy atom. The molecule has 0 aliphatic heterocycles. The molecule has 3 rings (SSSR count). The van der Waals surface area contributed by atoms with Gasteiger partial charge in [-0.05, 0) is 17.4 Å². The number of anilines is 1. The second-order valence-corrected chi connectivity index (χ2v) is 3.58. The fourth-order valence-corrected chi connectivity index (χ4v) is 1.58. The summed E-state index contributed by atoms with van der Waals surface area (Å²) >= 11 is 0. The van der Waals surface area contributed by atoms with E-state index >= 15 is 0 Å². The zero-order valence-electron chi connectivity index (χ0n) is 9.07. The van der Waals surface area contributed by atoms with Gasteiger partial charge in [0.05, 0.1) is 18.4 Å². The number of hydrogen-bond donors (Lipinski definition) is 2. The molecule has 1 atom stereocenters. The molecule has 8 heteroatoms. The summed E-state index contributed by atoms with van der Waals surface area (Å²) < 4.78 is 1.59. The molecule has 17 heavy (non-hydrogen) atoms. The third kappa shape index (κ3) is 1.69. The van der Waals surface area contributed by atoms with Gasteiger partial charge in [-0.25, -0.2) is 4.98 Å². The summed E-state index contributed by atoms with van der Waals surface area (Å²) in [6, 6.07) is 0.0154. The molecule has 8 nitrogen and oxygen atoms in total. The highest BCUT2D eigenvalue weighted by Gasteiger charge is 2.10. The van der Waals surface area contributed by atoms with E-state index in [1.807, 2.05) is 6.92 Å². The number of nitrogens with zero attached hydrogens (tertiary/aromatic N) is 6. The van der Waals surface area contributed by atoms with Crippen molar-refractivity contribution in [3.63, 3.8) is 0 Å². The summed E-state index contributed by atoms with van der Waals surface area (Å²) in [5.74, 6) is 1.56. The van der Waals surface area contributed by atoms with Gasteiger partial charge >= 0.3 is 0 Å². The van der Waals surface area contributed by atoms with E-state index in [1.54, 1.807) is 29.3 Å². The molecule has 3 aromatic rings. The van der Waals surface area contributed by atoms with Crippen molar-refractivity contribution in [1.82, 2.24) is 35.0 Å². The van der Waals surface area contributed by atoms with Gasteiger partial charge in [-0.2, -0.15) is 4.52 Å². The zero-order chi connectivity index (χ0) is 11.7.